The zero-order valence-corrected chi connectivity index (χ0v) is 13.9. The first-order valence-electron chi connectivity index (χ1n) is 7.89. The van der Waals surface area contributed by atoms with Gasteiger partial charge in [0, 0.05) is 0 Å². The lowest BCUT2D eigenvalue weighted by atomic mass is 10.1. The third kappa shape index (κ3) is 3.81. The lowest BCUT2D eigenvalue weighted by molar-refractivity contribution is -0.0514. The van der Waals surface area contributed by atoms with Crippen molar-refractivity contribution in [1.29, 1.82) is 5.26 Å². The number of aromatic nitrogens is 2. The molecule has 1 heterocycles. The number of halogens is 2. The van der Waals surface area contributed by atoms with Crippen molar-refractivity contribution in [2.45, 2.75) is 13.5 Å². The Morgan fingerprint density at radius 3 is 2.77 bits per heavy atom. The molecule has 0 spiro atoms. The fourth-order valence-corrected chi connectivity index (χ4v) is 2.48. The molecule has 0 aliphatic rings. The summed E-state index contributed by atoms with van der Waals surface area (Å²) in [6.45, 7) is -0.911. The minimum atomic E-state index is -2.94. The van der Waals surface area contributed by atoms with Crippen molar-refractivity contribution in [3.8, 4) is 17.6 Å². The molecule has 3 aromatic rings. The third-order valence-electron chi connectivity index (χ3n) is 3.56. The Bertz CT molecular complexity index is 957. The molecule has 0 bridgehead atoms. The van der Waals surface area contributed by atoms with Crippen molar-refractivity contribution in [3.63, 3.8) is 0 Å². The van der Waals surface area contributed by atoms with Crippen molar-refractivity contribution in [2.75, 3.05) is 6.61 Å². The number of allylic oxidation sites excluding steroid dienone is 1. The average molecular weight is 355 g/mol. The number of nitrogens with one attached hydrogen (secondary N) is 1. The first kappa shape index (κ1) is 17.4. The predicted octanol–water partition coefficient (Wildman–Crippen LogP) is 4.63. The summed E-state index contributed by atoms with van der Waals surface area (Å²) in [5.74, 6) is 0.559. The summed E-state index contributed by atoms with van der Waals surface area (Å²) in [5, 5.41) is 9.48. The molecule has 1 N–H and O–H groups in total. The van der Waals surface area contributed by atoms with Crippen LogP contribution in [0, 0.1) is 11.3 Å². The number of H-pyrrole nitrogens is 1. The molecular formula is C19H15F2N3O2. The number of nitriles is 1. The molecule has 0 saturated carbocycles. The maximum atomic E-state index is 12.5. The summed E-state index contributed by atoms with van der Waals surface area (Å²) in [6, 6.07) is 14.0. The zero-order chi connectivity index (χ0) is 18.5. The van der Waals surface area contributed by atoms with E-state index < -0.39 is 6.61 Å². The summed E-state index contributed by atoms with van der Waals surface area (Å²) in [5.41, 5.74) is 2.48. The van der Waals surface area contributed by atoms with E-state index in [1.165, 1.54) is 6.07 Å². The van der Waals surface area contributed by atoms with Crippen LogP contribution in [0.25, 0.3) is 22.7 Å². The number of aromatic amines is 1. The standard InChI is InChI=1S/C19H15F2N3O2/c1-2-25-17-10-12(7-8-16(17)26-19(20)21)9-13(11-22)18-23-14-5-3-4-6-15(14)24-18/h3-10,19H,2H2,1H3,(H,23,24). The molecule has 5 nitrogen and oxygen atoms in total. The second kappa shape index (κ2) is 7.66. The fourth-order valence-electron chi connectivity index (χ4n) is 2.48. The van der Waals surface area contributed by atoms with Crippen LogP contribution >= 0.6 is 0 Å². The Hall–Kier alpha value is -3.40. The molecule has 0 radical (unpaired) electrons. The third-order valence-corrected chi connectivity index (χ3v) is 3.56. The van der Waals surface area contributed by atoms with Gasteiger partial charge >= 0.3 is 6.61 Å². The first-order valence-corrected chi connectivity index (χ1v) is 7.89. The maximum Gasteiger partial charge on any atom is 0.387 e. The zero-order valence-electron chi connectivity index (χ0n) is 13.9. The van der Waals surface area contributed by atoms with Crippen molar-refractivity contribution in [1.82, 2.24) is 9.97 Å². The second-order valence-corrected chi connectivity index (χ2v) is 5.29. The van der Waals surface area contributed by atoms with Crippen LogP contribution in [0.5, 0.6) is 11.5 Å². The number of nitrogens with zero attached hydrogens (tertiary/aromatic N) is 2. The minimum Gasteiger partial charge on any atom is -0.490 e. The van der Waals surface area contributed by atoms with Crippen molar-refractivity contribution in [3.05, 3.63) is 53.9 Å². The molecule has 0 unspecified atom stereocenters. The number of fused-ring (bicyclic) bond motifs is 1. The van der Waals surface area contributed by atoms with Crippen LogP contribution in [0.4, 0.5) is 8.78 Å². The number of benzene rings is 2. The van der Waals surface area contributed by atoms with Gasteiger partial charge in [-0.2, -0.15) is 14.0 Å². The molecule has 7 heteroatoms. The van der Waals surface area contributed by atoms with E-state index >= 15 is 0 Å². The van der Waals surface area contributed by atoms with Gasteiger partial charge in [0.25, 0.3) is 0 Å². The van der Waals surface area contributed by atoms with E-state index in [2.05, 4.69) is 20.8 Å². The van der Waals surface area contributed by atoms with E-state index in [1.54, 1.807) is 25.1 Å². The molecule has 2 aromatic carbocycles. The molecule has 0 atom stereocenters. The Labute approximate surface area is 148 Å². The van der Waals surface area contributed by atoms with E-state index in [-0.39, 0.29) is 11.5 Å². The van der Waals surface area contributed by atoms with Crippen LogP contribution < -0.4 is 9.47 Å². The van der Waals surface area contributed by atoms with E-state index in [9.17, 15) is 14.0 Å². The van der Waals surface area contributed by atoms with Gasteiger partial charge in [-0.1, -0.05) is 18.2 Å². The van der Waals surface area contributed by atoms with E-state index in [0.717, 1.165) is 11.0 Å². The van der Waals surface area contributed by atoms with E-state index in [1.807, 2.05) is 24.3 Å². The van der Waals surface area contributed by atoms with Crippen molar-refractivity contribution >= 4 is 22.7 Å². The van der Waals surface area contributed by atoms with Crippen LogP contribution in [0.15, 0.2) is 42.5 Å². The van der Waals surface area contributed by atoms with Gasteiger partial charge in [-0.15, -0.1) is 0 Å². The molecule has 0 amide bonds. The highest BCUT2D eigenvalue weighted by molar-refractivity contribution is 5.90. The Kier molecular flexibility index (Phi) is 5.13. The highest BCUT2D eigenvalue weighted by Gasteiger charge is 2.12. The molecule has 0 aliphatic heterocycles. The Morgan fingerprint density at radius 2 is 2.08 bits per heavy atom. The highest BCUT2D eigenvalue weighted by Crippen LogP contribution is 2.31. The van der Waals surface area contributed by atoms with Gasteiger partial charge in [-0.3, -0.25) is 0 Å². The monoisotopic (exact) mass is 355 g/mol. The van der Waals surface area contributed by atoms with Gasteiger partial charge in [0.2, 0.25) is 0 Å². The minimum absolute atomic E-state index is 0.0544. The van der Waals surface area contributed by atoms with Crippen LogP contribution in [-0.4, -0.2) is 23.2 Å². The summed E-state index contributed by atoms with van der Waals surface area (Å²) in [6.07, 6.45) is 1.60. The number of ether oxygens (including phenoxy) is 2. The number of hydrogen-bond donors (Lipinski definition) is 1. The molecule has 132 valence electrons. The van der Waals surface area contributed by atoms with Crippen LogP contribution in [0.3, 0.4) is 0 Å². The van der Waals surface area contributed by atoms with Crippen LogP contribution in [-0.2, 0) is 0 Å². The second-order valence-electron chi connectivity index (χ2n) is 5.29. The molecule has 0 aliphatic carbocycles. The molecule has 26 heavy (non-hydrogen) atoms. The Balaban J connectivity index is 1.98. The smallest absolute Gasteiger partial charge is 0.387 e. The molecule has 1 aromatic heterocycles. The maximum absolute atomic E-state index is 12.5. The fraction of sp³-hybridized carbons (Fsp3) is 0.158. The summed E-state index contributed by atoms with van der Waals surface area (Å²) < 4.78 is 34.8. The van der Waals surface area contributed by atoms with E-state index in [0.29, 0.717) is 23.6 Å². The van der Waals surface area contributed by atoms with Gasteiger partial charge < -0.3 is 14.5 Å². The summed E-state index contributed by atoms with van der Waals surface area (Å²) >= 11 is 0. The number of hydrogen-bond acceptors (Lipinski definition) is 4. The van der Waals surface area contributed by atoms with Gasteiger partial charge in [0.05, 0.1) is 23.2 Å². The molecular weight excluding hydrogens is 340 g/mol. The number of para-hydroxylation sites is 2. The van der Waals surface area contributed by atoms with Crippen molar-refractivity contribution < 1.29 is 18.3 Å². The normalized spacial score (nSPS) is 11.6. The largest absolute Gasteiger partial charge is 0.490 e. The topological polar surface area (TPSA) is 70.9 Å². The quantitative estimate of drug-likeness (QED) is 0.655. The molecule has 0 fully saturated rings. The summed E-state index contributed by atoms with van der Waals surface area (Å²) in [4.78, 5) is 7.48. The Morgan fingerprint density at radius 1 is 1.27 bits per heavy atom. The number of alkyl halides is 2. The SMILES string of the molecule is CCOc1cc(C=C(C#N)c2nc3ccccc3[nH]2)ccc1OC(F)F. The van der Waals surface area contributed by atoms with Crippen LogP contribution in [0.1, 0.15) is 18.3 Å². The number of imidazole rings is 1. The lowest BCUT2D eigenvalue weighted by Gasteiger charge is -2.11. The lowest BCUT2D eigenvalue weighted by Crippen LogP contribution is -2.04. The van der Waals surface area contributed by atoms with E-state index in [4.69, 9.17) is 4.74 Å². The van der Waals surface area contributed by atoms with Gasteiger partial charge in [-0.25, -0.2) is 4.98 Å². The number of rotatable bonds is 6. The molecule has 3 rings (SSSR count). The average Bonchev–Trinajstić information content (AvgIpc) is 3.05. The highest BCUT2D eigenvalue weighted by atomic mass is 19.3. The molecule has 0 saturated heterocycles. The van der Waals surface area contributed by atoms with Gasteiger partial charge in [0.15, 0.2) is 11.5 Å². The van der Waals surface area contributed by atoms with Gasteiger partial charge in [-0.05, 0) is 42.8 Å². The predicted molar refractivity (Wildman–Crippen MR) is 93.8 cm³/mol. The summed E-state index contributed by atoms with van der Waals surface area (Å²) in [7, 11) is 0. The van der Waals surface area contributed by atoms with Crippen molar-refractivity contribution in [2.24, 2.45) is 0 Å². The van der Waals surface area contributed by atoms with Gasteiger partial charge in [0.1, 0.15) is 11.9 Å². The first-order chi connectivity index (χ1) is 12.6. The van der Waals surface area contributed by atoms with Crippen LogP contribution in [0.2, 0.25) is 0 Å².